The van der Waals surface area contributed by atoms with E-state index in [2.05, 4.69) is 20.9 Å². The zero-order chi connectivity index (χ0) is 16.6. The van der Waals surface area contributed by atoms with Crippen LogP contribution in [0.2, 0.25) is 0 Å². The molecule has 0 saturated heterocycles. The molecule has 3 aromatic rings. The summed E-state index contributed by atoms with van der Waals surface area (Å²) in [6, 6.07) is 25.7. The van der Waals surface area contributed by atoms with Gasteiger partial charge in [0, 0.05) is 11.4 Å². The van der Waals surface area contributed by atoms with Crippen LogP contribution in [0.3, 0.4) is 0 Å². The summed E-state index contributed by atoms with van der Waals surface area (Å²) >= 11 is 0. The van der Waals surface area contributed by atoms with E-state index in [9.17, 15) is 4.79 Å². The molecular formula is C19H16N4O. The van der Waals surface area contributed by atoms with Crippen molar-refractivity contribution < 1.29 is 4.79 Å². The standard InChI is InChI=1S/C19H16N4O/c24-19(20-15-7-3-1-4-8-15)21-16-11-13-18(14-12-16)23-22-17-9-5-2-6-10-17/h1-14H,(H2,20,21,24). The van der Waals surface area contributed by atoms with E-state index in [1.165, 1.54) is 0 Å². The number of carbonyl (C=O) groups excluding carboxylic acids is 1. The summed E-state index contributed by atoms with van der Waals surface area (Å²) in [4.78, 5) is 11.9. The lowest BCUT2D eigenvalue weighted by atomic mass is 10.3. The van der Waals surface area contributed by atoms with Gasteiger partial charge in [-0.2, -0.15) is 10.2 Å². The molecule has 5 heteroatoms. The van der Waals surface area contributed by atoms with E-state index in [0.717, 1.165) is 11.4 Å². The van der Waals surface area contributed by atoms with Gasteiger partial charge >= 0.3 is 6.03 Å². The Bertz CT molecular complexity index is 815. The molecule has 0 spiro atoms. The van der Waals surface area contributed by atoms with E-state index < -0.39 is 0 Å². The minimum atomic E-state index is -0.292. The predicted octanol–water partition coefficient (Wildman–Crippen LogP) is 5.75. The third-order valence-corrected chi connectivity index (χ3v) is 3.19. The molecule has 2 amide bonds. The second-order valence-electron chi connectivity index (χ2n) is 5.03. The molecule has 24 heavy (non-hydrogen) atoms. The van der Waals surface area contributed by atoms with Gasteiger partial charge in [0.25, 0.3) is 0 Å². The van der Waals surface area contributed by atoms with Gasteiger partial charge in [-0.15, -0.1) is 0 Å². The van der Waals surface area contributed by atoms with Crippen molar-refractivity contribution in [3.63, 3.8) is 0 Å². The van der Waals surface area contributed by atoms with E-state index in [4.69, 9.17) is 0 Å². The van der Waals surface area contributed by atoms with Crippen molar-refractivity contribution in [3.8, 4) is 0 Å². The van der Waals surface area contributed by atoms with Gasteiger partial charge in [0.15, 0.2) is 0 Å². The highest BCUT2D eigenvalue weighted by atomic mass is 16.2. The molecular weight excluding hydrogens is 300 g/mol. The molecule has 0 saturated carbocycles. The number of rotatable bonds is 4. The summed E-state index contributed by atoms with van der Waals surface area (Å²) in [6.45, 7) is 0. The molecule has 0 bridgehead atoms. The van der Waals surface area contributed by atoms with Gasteiger partial charge in [0.05, 0.1) is 11.4 Å². The maximum absolute atomic E-state index is 11.9. The molecule has 2 N–H and O–H groups in total. The molecule has 0 aliphatic rings. The summed E-state index contributed by atoms with van der Waals surface area (Å²) in [5, 5.41) is 13.8. The summed E-state index contributed by atoms with van der Waals surface area (Å²) < 4.78 is 0. The number of para-hydroxylation sites is 1. The minimum Gasteiger partial charge on any atom is -0.308 e. The first kappa shape index (κ1) is 15.4. The van der Waals surface area contributed by atoms with Crippen LogP contribution < -0.4 is 10.6 Å². The van der Waals surface area contributed by atoms with E-state index in [0.29, 0.717) is 11.4 Å². The van der Waals surface area contributed by atoms with Crippen LogP contribution in [0.4, 0.5) is 27.5 Å². The lowest BCUT2D eigenvalue weighted by Gasteiger charge is -2.07. The quantitative estimate of drug-likeness (QED) is 0.592. The number of anilines is 2. The van der Waals surface area contributed by atoms with Gasteiger partial charge in [0.2, 0.25) is 0 Å². The third-order valence-electron chi connectivity index (χ3n) is 3.19. The number of benzene rings is 3. The highest BCUT2D eigenvalue weighted by molar-refractivity contribution is 5.99. The number of nitrogens with one attached hydrogen (secondary N) is 2. The average molecular weight is 316 g/mol. The number of hydrogen-bond acceptors (Lipinski definition) is 3. The second-order valence-corrected chi connectivity index (χ2v) is 5.03. The van der Waals surface area contributed by atoms with E-state index in [-0.39, 0.29) is 6.03 Å². The Labute approximate surface area is 140 Å². The van der Waals surface area contributed by atoms with Gasteiger partial charge in [-0.25, -0.2) is 4.79 Å². The topological polar surface area (TPSA) is 65.8 Å². The highest BCUT2D eigenvalue weighted by Gasteiger charge is 2.02. The van der Waals surface area contributed by atoms with Gasteiger partial charge in [-0.3, -0.25) is 0 Å². The van der Waals surface area contributed by atoms with Crippen molar-refractivity contribution >= 4 is 28.8 Å². The molecule has 0 unspecified atom stereocenters. The first-order valence-corrected chi connectivity index (χ1v) is 7.49. The molecule has 0 radical (unpaired) electrons. The van der Waals surface area contributed by atoms with Crippen molar-refractivity contribution in [1.29, 1.82) is 0 Å². The Balaban J connectivity index is 1.58. The largest absolute Gasteiger partial charge is 0.323 e. The summed E-state index contributed by atoms with van der Waals surface area (Å²) in [7, 11) is 0. The molecule has 0 aliphatic carbocycles. The van der Waals surface area contributed by atoms with Crippen LogP contribution >= 0.6 is 0 Å². The highest BCUT2D eigenvalue weighted by Crippen LogP contribution is 2.20. The molecule has 0 heterocycles. The van der Waals surface area contributed by atoms with Crippen LogP contribution in [0.25, 0.3) is 0 Å². The Morgan fingerprint density at radius 3 is 1.62 bits per heavy atom. The summed E-state index contributed by atoms with van der Waals surface area (Å²) in [6.07, 6.45) is 0. The van der Waals surface area contributed by atoms with Crippen LogP contribution in [0.5, 0.6) is 0 Å². The number of nitrogens with zero attached hydrogens (tertiary/aromatic N) is 2. The van der Waals surface area contributed by atoms with Crippen LogP contribution in [-0.4, -0.2) is 6.03 Å². The van der Waals surface area contributed by atoms with E-state index in [1.807, 2.05) is 60.7 Å². The van der Waals surface area contributed by atoms with Crippen molar-refractivity contribution in [2.45, 2.75) is 0 Å². The number of carbonyl (C=O) groups is 1. The lowest BCUT2D eigenvalue weighted by molar-refractivity contribution is 0.262. The van der Waals surface area contributed by atoms with Crippen LogP contribution in [0, 0.1) is 0 Å². The Morgan fingerprint density at radius 2 is 1.04 bits per heavy atom. The van der Waals surface area contributed by atoms with Crippen LogP contribution in [0.15, 0.2) is 95.2 Å². The zero-order valence-corrected chi connectivity index (χ0v) is 12.9. The van der Waals surface area contributed by atoms with Gasteiger partial charge in [-0.1, -0.05) is 36.4 Å². The fourth-order valence-corrected chi connectivity index (χ4v) is 2.04. The number of amides is 2. The molecule has 0 aromatic heterocycles. The monoisotopic (exact) mass is 316 g/mol. The number of urea groups is 1. The first-order valence-electron chi connectivity index (χ1n) is 7.49. The van der Waals surface area contributed by atoms with Crippen LogP contribution in [0.1, 0.15) is 0 Å². The predicted molar refractivity (Wildman–Crippen MR) is 96.1 cm³/mol. The SMILES string of the molecule is O=C(Nc1ccccc1)Nc1ccc(N=Nc2ccccc2)cc1. The Kier molecular flexibility index (Phi) is 4.94. The molecule has 3 aromatic carbocycles. The van der Waals surface area contributed by atoms with Crippen molar-refractivity contribution in [1.82, 2.24) is 0 Å². The van der Waals surface area contributed by atoms with E-state index >= 15 is 0 Å². The molecule has 0 atom stereocenters. The second kappa shape index (κ2) is 7.69. The molecule has 0 fully saturated rings. The van der Waals surface area contributed by atoms with Crippen LogP contribution in [-0.2, 0) is 0 Å². The van der Waals surface area contributed by atoms with Gasteiger partial charge in [-0.05, 0) is 48.5 Å². The average Bonchev–Trinajstić information content (AvgIpc) is 2.63. The summed E-state index contributed by atoms with van der Waals surface area (Å²) in [5.74, 6) is 0. The zero-order valence-electron chi connectivity index (χ0n) is 12.9. The smallest absolute Gasteiger partial charge is 0.308 e. The lowest BCUT2D eigenvalue weighted by Crippen LogP contribution is -2.19. The van der Waals surface area contributed by atoms with Crippen molar-refractivity contribution in [2.75, 3.05) is 10.6 Å². The summed E-state index contributed by atoms with van der Waals surface area (Å²) in [5.41, 5.74) is 2.93. The molecule has 5 nitrogen and oxygen atoms in total. The molecule has 3 rings (SSSR count). The van der Waals surface area contributed by atoms with E-state index in [1.54, 1.807) is 24.3 Å². The first-order chi connectivity index (χ1) is 11.8. The molecule has 0 aliphatic heterocycles. The fraction of sp³-hybridized carbons (Fsp3) is 0. The maximum atomic E-state index is 11.9. The Morgan fingerprint density at radius 1 is 0.583 bits per heavy atom. The minimum absolute atomic E-state index is 0.292. The van der Waals surface area contributed by atoms with Gasteiger partial charge < -0.3 is 10.6 Å². The fourth-order valence-electron chi connectivity index (χ4n) is 2.04. The Hall–Kier alpha value is -3.47. The normalized spacial score (nSPS) is 10.5. The maximum Gasteiger partial charge on any atom is 0.323 e. The van der Waals surface area contributed by atoms with Crippen molar-refractivity contribution in [2.24, 2.45) is 10.2 Å². The molecule has 118 valence electrons. The number of hydrogen-bond donors (Lipinski definition) is 2. The third kappa shape index (κ3) is 4.51. The van der Waals surface area contributed by atoms with Crippen molar-refractivity contribution in [3.05, 3.63) is 84.9 Å². The van der Waals surface area contributed by atoms with Gasteiger partial charge in [0.1, 0.15) is 0 Å². The number of azo groups is 1.